The van der Waals surface area contributed by atoms with E-state index in [0.29, 0.717) is 6.54 Å². The molecule has 4 rings (SSSR count). The van der Waals surface area contributed by atoms with Crippen LogP contribution in [0.2, 0.25) is 0 Å². The molecule has 2 N–H and O–H groups in total. The summed E-state index contributed by atoms with van der Waals surface area (Å²) in [6, 6.07) is 10.4. The van der Waals surface area contributed by atoms with Crippen LogP contribution in [0.5, 0.6) is 11.5 Å². The van der Waals surface area contributed by atoms with Gasteiger partial charge in [-0.05, 0) is 40.1 Å². The zero-order valence-corrected chi connectivity index (χ0v) is 17.9. The summed E-state index contributed by atoms with van der Waals surface area (Å²) in [5, 5.41) is 14.9. The third kappa shape index (κ3) is 4.26. The van der Waals surface area contributed by atoms with Crippen molar-refractivity contribution in [2.75, 3.05) is 47.4 Å². The Labute approximate surface area is 174 Å². The first-order valence-electron chi connectivity index (χ1n) is 9.86. The van der Waals surface area contributed by atoms with E-state index in [1.165, 1.54) is 9.78 Å². The highest BCUT2D eigenvalue weighted by molar-refractivity contribution is 7.09. The van der Waals surface area contributed by atoms with E-state index in [1.807, 2.05) is 10.7 Å². The summed E-state index contributed by atoms with van der Waals surface area (Å²) in [7, 11) is 5.58. The summed E-state index contributed by atoms with van der Waals surface area (Å²) in [5.74, 6) is 2.35. The molecule has 0 spiro atoms. The second-order valence-corrected chi connectivity index (χ2v) is 8.47. The number of methoxy groups -OCH3 is 2. The minimum absolute atomic E-state index is 0.0397. The van der Waals surface area contributed by atoms with Gasteiger partial charge in [-0.25, -0.2) is 4.68 Å². The molecule has 1 fully saturated rings. The second kappa shape index (κ2) is 8.89. The number of piperazine rings is 1. The van der Waals surface area contributed by atoms with Gasteiger partial charge in [-0.1, -0.05) is 6.07 Å². The standard InChI is InChI=1S/C20H26N6O2S/c1-24-8-10-25(11-9-24)19(15-6-7-17(27-2)18(13-15)28-3)20-21-22-23-26(20)14-16-5-4-12-29-16/h4-7,12-13,19H,8-11,14H2,1-3H3/p+2/t19-/m0/s1. The lowest BCUT2D eigenvalue weighted by Crippen LogP contribution is -3.27. The Balaban J connectivity index is 1.73. The maximum Gasteiger partial charge on any atom is 0.214 e. The Bertz CT molecular complexity index is 921. The number of nitrogens with one attached hydrogen (secondary N) is 2. The fourth-order valence-corrected chi connectivity index (χ4v) is 4.65. The number of hydrogen-bond donors (Lipinski definition) is 2. The molecular weight excluding hydrogens is 388 g/mol. The van der Waals surface area contributed by atoms with Crippen molar-refractivity contribution in [2.24, 2.45) is 0 Å². The molecule has 3 heterocycles. The molecule has 1 aliphatic rings. The fourth-order valence-electron chi connectivity index (χ4n) is 3.97. The van der Waals surface area contributed by atoms with E-state index in [9.17, 15) is 0 Å². The third-order valence-corrected chi connectivity index (χ3v) is 6.46. The summed E-state index contributed by atoms with van der Waals surface area (Å²) >= 11 is 1.72. The number of rotatable bonds is 7. The maximum absolute atomic E-state index is 5.57. The van der Waals surface area contributed by atoms with Gasteiger partial charge in [0.1, 0.15) is 26.2 Å². The summed E-state index contributed by atoms with van der Waals surface area (Å²) in [6.07, 6.45) is 0. The topological polar surface area (TPSA) is 70.9 Å². The maximum atomic E-state index is 5.57. The highest BCUT2D eigenvalue weighted by atomic mass is 32.1. The number of thiophene rings is 1. The van der Waals surface area contributed by atoms with Gasteiger partial charge in [0.2, 0.25) is 5.82 Å². The van der Waals surface area contributed by atoms with Crippen LogP contribution in [0.1, 0.15) is 22.3 Å². The largest absolute Gasteiger partial charge is 0.493 e. The van der Waals surface area contributed by atoms with Crippen LogP contribution in [0.3, 0.4) is 0 Å². The van der Waals surface area contributed by atoms with E-state index >= 15 is 0 Å². The highest BCUT2D eigenvalue weighted by Crippen LogP contribution is 2.31. The Morgan fingerprint density at radius 2 is 1.90 bits per heavy atom. The van der Waals surface area contributed by atoms with Crippen molar-refractivity contribution in [3.8, 4) is 11.5 Å². The minimum atomic E-state index is 0.0397. The Hall–Kier alpha value is -2.49. The van der Waals surface area contributed by atoms with Crippen molar-refractivity contribution in [1.29, 1.82) is 0 Å². The first kappa shape index (κ1) is 19.8. The van der Waals surface area contributed by atoms with Crippen molar-refractivity contribution in [3.05, 3.63) is 52.0 Å². The lowest BCUT2D eigenvalue weighted by molar-refractivity contribution is -1.02. The van der Waals surface area contributed by atoms with Crippen molar-refractivity contribution in [1.82, 2.24) is 20.2 Å². The number of likely N-dealkylation sites (N-methyl/N-ethyl adjacent to an activating group) is 1. The first-order valence-corrected chi connectivity index (χ1v) is 10.7. The molecule has 9 heteroatoms. The summed E-state index contributed by atoms with van der Waals surface area (Å²) in [5.41, 5.74) is 1.14. The molecule has 3 aromatic rings. The monoisotopic (exact) mass is 416 g/mol. The molecule has 1 atom stereocenters. The molecule has 0 amide bonds. The number of ether oxygens (including phenoxy) is 2. The van der Waals surface area contributed by atoms with Gasteiger partial charge in [-0.15, -0.1) is 16.4 Å². The van der Waals surface area contributed by atoms with Crippen LogP contribution in [0.4, 0.5) is 0 Å². The number of nitrogens with zero attached hydrogens (tertiary/aromatic N) is 4. The lowest BCUT2D eigenvalue weighted by Gasteiger charge is -2.33. The minimum Gasteiger partial charge on any atom is -0.493 e. The van der Waals surface area contributed by atoms with Crippen LogP contribution in [0.25, 0.3) is 0 Å². The van der Waals surface area contributed by atoms with Crippen molar-refractivity contribution in [2.45, 2.75) is 12.6 Å². The molecule has 154 valence electrons. The summed E-state index contributed by atoms with van der Waals surface area (Å²) < 4.78 is 12.9. The molecule has 1 aliphatic heterocycles. The lowest BCUT2D eigenvalue weighted by atomic mass is 10.0. The molecule has 0 bridgehead atoms. The van der Waals surface area contributed by atoms with E-state index in [4.69, 9.17) is 9.47 Å². The number of quaternary nitrogens is 2. The molecule has 0 unspecified atom stereocenters. The van der Waals surface area contributed by atoms with Gasteiger partial charge >= 0.3 is 0 Å². The van der Waals surface area contributed by atoms with Crippen molar-refractivity contribution in [3.63, 3.8) is 0 Å². The predicted molar refractivity (Wildman–Crippen MR) is 110 cm³/mol. The molecule has 2 aromatic heterocycles. The van der Waals surface area contributed by atoms with E-state index in [2.05, 4.69) is 52.2 Å². The van der Waals surface area contributed by atoms with Gasteiger partial charge in [0.15, 0.2) is 17.5 Å². The predicted octanol–water partition coefficient (Wildman–Crippen LogP) is -0.697. The van der Waals surface area contributed by atoms with Gasteiger partial charge in [-0.2, -0.15) is 0 Å². The number of benzene rings is 1. The van der Waals surface area contributed by atoms with Gasteiger partial charge in [0.05, 0.1) is 27.8 Å². The Morgan fingerprint density at radius 3 is 2.59 bits per heavy atom. The summed E-state index contributed by atoms with van der Waals surface area (Å²) in [4.78, 5) is 4.28. The Kier molecular flexibility index (Phi) is 6.08. The summed E-state index contributed by atoms with van der Waals surface area (Å²) in [6.45, 7) is 5.08. The van der Waals surface area contributed by atoms with E-state index in [0.717, 1.165) is 49.1 Å². The van der Waals surface area contributed by atoms with E-state index in [-0.39, 0.29) is 6.04 Å². The van der Waals surface area contributed by atoms with Crippen LogP contribution >= 0.6 is 11.3 Å². The SMILES string of the molecule is COc1ccc([C@@H](c2nnnn2Cc2cccs2)[NH+]2CC[NH+](C)CC2)cc1OC. The normalized spacial score (nSPS) is 20.4. The number of aromatic nitrogens is 4. The second-order valence-electron chi connectivity index (χ2n) is 7.44. The van der Waals surface area contributed by atoms with Gasteiger partial charge in [-0.3, -0.25) is 0 Å². The van der Waals surface area contributed by atoms with Gasteiger partial charge in [0, 0.05) is 10.4 Å². The zero-order valence-electron chi connectivity index (χ0n) is 17.1. The van der Waals surface area contributed by atoms with Gasteiger partial charge < -0.3 is 19.3 Å². The van der Waals surface area contributed by atoms with Crippen molar-refractivity contribution >= 4 is 11.3 Å². The molecule has 0 aliphatic carbocycles. The average molecular weight is 417 g/mol. The smallest absolute Gasteiger partial charge is 0.214 e. The molecule has 0 radical (unpaired) electrons. The first-order chi connectivity index (χ1) is 14.2. The Morgan fingerprint density at radius 1 is 1.10 bits per heavy atom. The number of tetrazole rings is 1. The molecule has 1 aromatic carbocycles. The third-order valence-electron chi connectivity index (χ3n) is 5.60. The highest BCUT2D eigenvalue weighted by Gasteiger charge is 2.35. The van der Waals surface area contributed by atoms with Crippen LogP contribution in [0, 0.1) is 0 Å². The molecule has 29 heavy (non-hydrogen) atoms. The molecule has 0 saturated carbocycles. The molecular formula is C20H28N6O2S+2. The van der Waals surface area contributed by atoms with Crippen LogP contribution in [-0.4, -0.2) is 67.7 Å². The number of hydrogen-bond acceptors (Lipinski definition) is 6. The van der Waals surface area contributed by atoms with E-state index in [1.54, 1.807) is 30.5 Å². The van der Waals surface area contributed by atoms with E-state index < -0.39 is 0 Å². The molecule has 8 nitrogen and oxygen atoms in total. The van der Waals surface area contributed by atoms with Crippen LogP contribution in [-0.2, 0) is 6.54 Å². The molecule has 1 saturated heterocycles. The van der Waals surface area contributed by atoms with Crippen molar-refractivity contribution < 1.29 is 19.3 Å². The van der Waals surface area contributed by atoms with Gasteiger partial charge in [0.25, 0.3) is 0 Å². The van der Waals surface area contributed by atoms with Crippen LogP contribution in [0.15, 0.2) is 35.7 Å². The quantitative estimate of drug-likeness (QED) is 0.533. The average Bonchev–Trinajstić information content (AvgIpc) is 3.42. The fraction of sp³-hybridized carbons (Fsp3) is 0.450. The van der Waals surface area contributed by atoms with Crippen LogP contribution < -0.4 is 19.3 Å². The zero-order chi connectivity index (χ0) is 20.2.